The van der Waals surface area contributed by atoms with E-state index < -0.39 is 6.10 Å². The van der Waals surface area contributed by atoms with Crippen LogP contribution in [0.2, 0.25) is 0 Å². The summed E-state index contributed by atoms with van der Waals surface area (Å²) in [6.07, 6.45) is 2.38. The normalized spacial score (nSPS) is 14.6. The van der Waals surface area contributed by atoms with E-state index >= 15 is 0 Å². The fourth-order valence-electron chi connectivity index (χ4n) is 1.91. The second-order valence-electron chi connectivity index (χ2n) is 4.70. The van der Waals surface area contributed by atoms with E-state index in [1.807, 2.05) is 18.4 Å². The molecule has 4 heteroatoms. The zero-order valence-corrected chi connectivity index (χ0v) is 11.1. The molecule has 4 nitrogen and oxygen atoms in total. The average Bonchev–Trinajstić information content (AvgIpc) is 2.59. The Morgan fingerprint density at radius 2 is 2.18 bits per heavy atom. The first-order valence-corrected chi connectivity index (χ1v) is 6.17. The summed E-state index contributed by atoms with van der Waals surface area (Å²) in [5, 5.41) is 9.19. The maximum Gasteiger partial charge on any atom is 0.140 e. The molecular weight excluding hydrogens is 216 g/mol. The number of carbonyl (C=O) groups is 1. The van der Waals surface area contributed by atoms with Crippen LogP contribution in [0, 0.1) is 12.8 Å². The molecule has 1 aromatic rings. The van der Waals surface area contributed by atoms with Crippen molar-refractivity contribution < 1.29 is 9.90 Å². The summed E-state index contributed by atoms with van der Waals surface area (Å²) >= 11 is 0. The molecule has 0 saturated carbocycles. The molecule has 1 aromatic heterocycles. The van der Waals surface area contributed by atoms with Crippen LogP contribution in [-0.4, -0.2) is 26.5 Å². The Labute approximate surface area is 103 Å². The largest absolute Gasteiger partial charge is 0.393 e. The number of aryl methyl sites for hydroxylation is 1. The van der Waals surface area contributed by atoms with Crippen molar-refractivity contribution >= 4 is 5.78 Å². The second kappa shape index (κ2) is 5.96. The van der Waals surface area contributed by atoms with E-state index in [4.69, 9.17) is 0 Å². The lowest BCUT2D eigenvalue weighted by Gasteiger charge is -2.13. The van der Waals surface area contributed by atoms with Gasteiger partial charge in [-0.25, -0.2) is 4.98 Å². The number of Topliss-reactive ketones (excluding diaryl/α,β-unsaturated/α-hetero) is 1. The van der Waals surface area contributed by atoms with Gasteiger partial charge in [-0.2, -0.15) is 0 Å². The van der Waals surface area contributed by atoms with Crippen LogP contribution in [0.4, 0.5) is 0 Å². The first-order chi connectivity index (χ1) is 7.95. The van der Waals surface area contributed by atoms with Gasteiger partial charge >= 0.3 is 0 Å². The SMILES string of the molecule is CCc1ncn(CC(C)C(=O)CC(C)O)c1C. The summed E-state index contributed by atoms with van der Waals surface area (Å²) in [5.41, 5.74) is 2.21. The minimum Gasteiger partial charge on any atom is -0.393 e. The molecule has 96 valence electrons. The molecule has 0 amide bonds. The van der Waals surface area contributed by atoms with Gasteiger partial charge in [0.2, 0.25) is 0 Å². The topological polar surface area (TPSA) is 55.1 Å². The number of aliphatic hydroxyl groups excluding tert-OH is 1. The monoisotopic (exact) mass is 238 g/mol. The summed E-state index contributed by atoms with van der Waals surface area (Å²) in [5.74, 6) is 0.0216. The van der Waals surface area contributed by atoms with Crippen LogP contribution >= 0.6 is 0 Å². The van der Waals surface area contributed by atoms with E-state index in [2.05, 4.69) is 11.9 Å². The van der Waals surface area contributed by atoms with Crippen molar-refractivity contribution in [1.29, 1.82) is 0 Å². The van der Waals surface area contributed by atoms with Gasteiger partial charge in [0.15, 0.2) is 0 Å². The third-order valence-corrected chi connectivity index (χ3v) is 3.05. The number of nitrogens with zero attached hydrogens (tertiary/aromatic N) is 2. The number of hydrogen-bond donors (Lipinski definition) is 1. The minimum absolute atomic E-state index is 0.0813. The van der Waals surface area contributed by atoms with Crippen molar-refractivity contribution in [2.24, 2.45) is 5.92 Å². The summed E-state index contributed by atoms with van der Waals surface area (Å²) in [6.45, 7) is 8.28. The third kappa shape index (κ3) is 3.66. The third-order valence-electron chi connectivity index (χ3n) is 3.05. The Kier molecular flexibility index (Phi) is 4.87. The lowest BCUT2D eigenvalue weighted by Crippen LogP contribution is -2.21. The Morgan fingerprint density at radius 1 is 1.53 bits per heavy atom. The number of aromatic nitrogens is 2. The lowest BCUT2D eigenvalue weighted by atomic mass is 10.0. The van der Waals surface area contributed by atoms with Crippen molar-refractivity contribution in [3.05, 3.63) is 17.7 Å². The van der Waals surface area contributed by atoms with Crippen molar-refractivity contribution in [1.82, 2.24) is 9.55 Å². The molecule has 0 fully saturated rings. The molecule has 0 aromatic carbocycles. The smallest absolute Gasteiger partial charge is 0.140 e. The zero-order valence-electron chi connectivity index (χ0n) is 11.1. The van der Waals surface area contributed by atoms with E-state index in [1.54, 1.807) is 13.3 Å². The van der Waals surface area contributed by atoms with Crippen LogP contribution < -0.4 is 0 Å². The molecule has 1 N–H and O–H groups in total. The number of carbonyl (C=O) groups excluding carboxylic acids is 1. The van der Waals surface area contributed by atoms with E-state index in [9.17, 15) is 9.90 Å². The van der Waals surface area contributed by atoms with Crippen LogP contribution in [0.5, 0.6) is 0 Å². The zero-order chi connectivity index (χ0) is 13.0. The fourth-order valence-corrected chi connectivity index (χ4v) is 1.91. The van der Waals surface area contributed by atoms with Crippen molar-refractivity contribution in [2.75, 3.05) is 0 Å². The van der Waals surface area contributed by atoms with Crippen LogP contribution in [0.15, 0.2) is 6.33 Å². The highest BCUT2D eigenvalue weighted by molar-refractivity contribution is 5.80. The summed E-state index contributed by atoms with van der Waals surface area (Å²) in [6, 6.07) is 0. The number of aliphatic hydroxyl groups is 1. The Hall–Kier alpha value is -1.16. The van der Waals surface area contributed by atoms with Gasteiger partial charge < -0.3 is 9.67 Å². The molecule has 0 bridgehead atoms. The molecular formula is C13H22N2O2. The van der Waals surface area contributed by atoms with Crippen LogP contribution in [0.25, 0.3) is 0 Å². The number of hydrogen-bond acceptors (Lipinski definition) is 3. The summed E-state index contributed by atoms with van der Waals surface area (Å²) in [7, 11) is 0. The molecule has 1 rings (SSSR count). The van der Waals surface area contributed by atoms with Crippen LogP contribution in [0.1, 0.15) is 38.6 Å². The van der Waals surface area contributed by atoms with E-state index in [-0.39, 0.29) is 18.1 Å². The van der Waals surface area contributed by atoms with Gasteiger partial charge in [0.25, 0.3) is 0 Å². The van der Waals surface area contributed by atoms with Crippen molar-refractivity contribution in [3.63, 3.8) is 0 Å². The fraction of sp³-hybridized carbons (Fsp3) is 0.692. The molecule has 2 atom stereocenters. The van der Waals surface area contributed by atoms with Gasteiger partial charge in [-0.3, -0.25) is 4.79 Å². The van der Waals surface area contributed by atoms with Crippen LogP contribution in [-0.2, 0) is 17.8 Å². The van der Waals surface area contributed by atoms with Gasteiger partial charge in [-0.1, -0.05) is 13.8 Å². The lowest BCUT2D eigenvalue weighted by molar-refractivity contribution is -0.124. The van der Waals surface area contributed by atoms with E-state index in [0.29, 0.717) is 6.54 Å². The molecule has 0 aliphatic carbocycles. The summed E-state index contributed by atoms with van der Waals surface area (Å²) in [4.78, 5) is 16.1. The summed E-state index contributed by atoms with van der Waals surface area (Å²) < 4.78 is 2.02. The van der Waals surface area contributed by atoms with Gasteiger partial charge in [0.05, 0.1) is 18.1 Å². The standard InChI is InChI=1S/C13H22N2O2/c1-5-12-11(4)15(8-14-12)7-9(2)13(17)6-10(3)16/h8-10,16H,5-7H2,1-4H3. The number of rotatable bonds is 6. The number of ketones is 1. The van der Waals surface area contributed by atoms with Gasteiger partial charge in [0.1, 0.15) is 5.78 Å². The van der Waals surface area contributed by atoms with Gasteiger partial charge in [-0.15, -0.1) is 0 Å². The molecule has 0 aliphatic rings. The molecule has 0 spiro atoms. The second-order valence-corrected chi connectivity index (χ2v) is 4.70. The predicted molar refractivity (Wildman–Crippen MR) is 66.8 cm³/mol. The number of imidazole rings is 1. The Morgan fingerprint density at radius 3 is 2.65 bits per heavy atom. The van der Waals surface area contributed by atoms with E-state index in [0.717, 1.165) is 17.8 Å². The van der Waals surface area contributed by atoms with E-state index in [1.165, 1.54) is 0 Å². The van der Waals surface area contributed by atoms with Crippen molar-refractivity contribution in [2.45, 2.75) is 53.2 Å². The van der Waals surface area contributed by atoms with Crippen LogP contribution in [0.3, 0.4) is 0 Å². The molecule has 2 unspecified atom stereocenters. The average molecular weight is 238 g/mol. The van der Waals surface area contributed by atoms with Gasteiger partial charge in [0, 0.05) is 24.6 Å². The molecule has 17 heavy (non-hydrogen) atoms. The molecule has 1 heterocycles. The first-order valence-electron chi connectivity index (χ1n) is 6.17. The quantitative estimate of drug-likeness (QED) is 0.821. The Balaban J connectivity index is 2.64. The molecule has 0 saturated heterocycles. The first kappa shape index (κ1) is 13.9. The van der Waals surface area contributed by atoms with Crippen molar-refractivity contribution in [3.8, 4) is 0 Å². The predicted octanol–water partition coefficient (Wildman–Crippen LogP) is 1.73. The maximum absolute atomic E-state index is 11.8. The minimum atomic E-state index is -0.556. The van der Waals surface area contributed by atoms with Gasteiger partial charge in [-0.05, 0) is 20.3 Å². The highest BCUT2D eigenvalue weighted by Gasteiger charge is 2.16. The molecule has 0 aliphatic heterocycles. The highest BCUT2D eigenvalue weighted by Crippen LogP contribution is 2.12. The highest BCUT2D eigenvalue weighted by atomic mass is 16.3. The maximum atomic E-state index is 11.8. The molecule has 0 radical (unpaired) electrons. The Bertz CT molecular complexity index is 383.